The van der Waals surface area contributed by atoms with Crippen LogP contribution in [0.4, 0.5) is 0 Å². The Morgan fingerprint density at radius 3 is 2.47 bits per heavy atom. The molecule has 1 fully saturated rings. The lowest BCUT2D eigenvalue weighted by Gasteiger charge is -2.37. The molecule has 0 bridgehead atoms. The van der Waals surface area contributed by atoms with Crippen molar-refractivity contribution >= 4 is 5.96 Å². The molecule has 1 N–H and O–H groups in total. The number of hydrogen-bond donors (Lipinski definition) is 1. The van der Waals surface area contributed by atoms with Crippen LogP contribution in [0, 0.1) is 11.8 Å². The zero-order valence-corrected chi connectivity index (χ0v) is 13.3. The van der Waals surface area contributed by atoms with Crippen molar-refractivity contribution < 1.29 is 4.74 Å². The van der Waals surface area contributed by atoms with Gasteiger partial charge in [-0.25, -0.2) is 0 Å². The lowest BCUT2D eigenvalue weighted by molar-refractivity contribution is 0.0775. The highest BCUT2D eigenvalue weighted by atomic mass is 16.5. The summed E-state index contributed by atoms with van der Waals surface area (Å²) in [5, 5.41) is 3.45. The molecule has 0 aromatic heterocycles. The number of guanidine groups is 1. The highest BCUT2D eigenvalue weighted by Gasteiger charge is 2.23. The van der Waals surface area contributed by atoms with Crippen LogP contribution < -0.4 is 5.32 Å². The summed E-state index contributed by atoms with van der Waals surface area (Å²) in [4.78, 5) is 6.80. The molecule has 1 heterocycles. The number of piperidine rings is 1. The van der Waals surface area contributed by atoms with E-state index in [1.807, 2.05) is 7.05 Å². The predicted molar refractivity (Wildman–Crippen MR) is 81.6 cm³/mol. The molecule has 19 heavy (non-hydrogen) atoms. The van der Waals surface area contributed by atoms with Crippen LogP contribution in [0.5, 0.6) is 0 Å². The summed E-state index contributed by atoms with van der Waals surface area (Å²) >= 11 is 0. The second kappa shape index (κ2) is 8.41. The molecule has 112 valence electrons. The fourth-order valence-electron chi connectivity index (χ4n) is 2.76. The normalized spacial score (nSPS) is 24.9. The third-order valence-electron chi connectivity index (χ3n) is 3.44. The van der Waals surface area contributed by atoms with E-state index in [1.54, 1.807) is 0 Å². The van der Waals surface area contributed by atoms with Gasteiger partial charge in [-0.1, -0.05) is 13.8 Å². The van der Waals surface area contributed by atoms with Gasteiger partial charge in [0, 0.05) is 33.3 Å². The van der Waals surface area contributed by atoms with E-state index < -0.39 is 0 Å². The van der Waals surface area contributed by atoms with E-state index >= 15 is 0 Å². The van der Waals surface area contributed by atoms with Gasteiger partial charge >= 0.3 is 0 Å². The maximum absolute atomic E-state index is 5.54. The summed E-state index contributed by atoms with van der Waals surface area (Å²) in [6.45, 7) is 12.8. The highest BCUT2D eigenvalue weighted by Crippen LogP contribution is 2.20. The molecule has 1 rings (SSSR count). The average Bonchev–Trinajstić information content (AvgIpc) is 2.32. The molecule has 0 saturated carbocycles. The first-order chi connectivity index (χ1) is 9.02. The fraction of sp³-hybridized carbons (Fsp3) is 0.933. The van der Waals surface area contributed by atoms with Crippen LogP contribution in [0.1, 0.15) is 40.5 Å². The molecule has 1 saturated heterocycles. The van der Waals surface area contributed by atoms with Gasteiger partial charge in [-0.15, -0.1) is 0 Å². The van der Waals surface area contributed by atoms with Crippen LogP contribution in [-0.4, -0.2) is 50.3 Å². The van der Waals surface area contributed by atoms with Crippen LogP contribution in [0.2, 0.25) is 0 Å². The van der Waals surface area contributed by atoms with E-state index in [-0.39, 0.29) is 0 Å². The van der Waals surface area contributed by atoms with Crippen molar-refractivity contribution in [1.29, 1.82) is 0 Å². The molecule has 0 aromatic rings. The Kier molecular flexibility index (Phi) is 7.21. The van der Waals surface area contributed by atoms with Gasteiger partial charge in [0.25, 0.3) is 0 Å². The Labute approximate surface area is 118 Å². The molecular weight excluding hydrogens is 238 g/mol. The summed E-state index contributed by atoms with van der Waals surface area (Å²) < 4.78 is 5.54. The zero-order chi connectivity index (χ0) is 14.3. The minimum atomic E-state index is 0.322. The number of rotatable bonds is 5. The van der Waals surface area contributed by atoms with Crippen LogP contribution in [0.3, 0.4) is 0 Å². The number of likely N-dealkylation sites (tertiary alicyclic amines) is 1. The molecule has 0 aromatic carbocycles. The topological polar surface area (TPSA) is 36.9 Å². The molecule has 0 radical (unpaired) electrons. The van der Waals surface area contributed by atoms with Gasteiger partial charge in [-0.3, -0.25) is 4.99 Å². The highest BCUT2D eigenvalue weighted by molar-refractivity contribution is 5.79. The van der Waals surface area contributed by atoms with Crippen LogP contribution >= 0.6 is 0 Å². The first-order valence-electron chi connectivity index (χ1n) is 7.60. The van der Waals surface area contributed by atoms with Crippen molar-refractivity contribution in [2.75, 3.05) is 33.3 Å². The van der Waals surface area contributed by atoms with Crippen molar-refractivity contribution in [3.63, 3.8) is 0 Å². The molecule has 1 aliphatic heterocycles. The molecule has 4 heteroatoms. The van der Waals surface area contributed by atoms with Crippen LogP contribution in [-0.2, 0) is 4.74 Å². The van der Waals surface area contributed by atoms with Gasteiger partial charge < -0.3 is 15.0 Å². The number of aliphatic imine (C=N–C) groups is 1. The molecule has 0 spiro atoms. The van der Waals surface area contributed by atoms with Crippen molar-refractivity contribution in [3.05, 3.63) is 0 Å². The Morgan fingerprint density at radius 1 is 1.32 bits per heavy atom. The van der Waals surface area contributed by atoms with Crippen molar-refractivity contribution in [3.8, 4) is 0 Å². The molecule has 1 aliphatic rings. The summed E-state index contributed by atoms with van der Waals surface area (Å²) in [5.74, 6) is 2.56. The van der Waals surface area contributed by atoms with Crippen molar-refractivity contribution in [2.24, 2.45) is 16.8 Å². The van der Waals surface area contributed by atoms with E-state index in [0.29, 0.717) is 6.10 Å². The summed E-state index contributed by atoms with van der Waals surface area (Å²) in [6.07, 6.45) is 2.68. The standard InChI is InChI=1S/C15H31N3O/c1-12(2)19-8-6-7-17-15(16-5)18-10-13(3)9-14(4)11-18/h12-14H,6-11H2,1-5H3,(H,16,17). The average molecular weight is 269 g/mol. The van der Waals surface area contributed by atoms with Gasteiger partial charge in [0.05, 0.1) is 6.10 Å². The van der Waals surface area contributed by atoms with Gasteiger partial charge in [0.2, 0.25) is 0 Å². The van der Waals surface area contributed by atoms with Gasteiger partial charge in [-0.2, -0.15) is 0 Å². The molecule has 2 atom stereocenters. The van der Waals surface area contributed by atoms with Gasteiger partial charge in [0.15, 0.2) is 5.96 Å². The quantitative estimate of drug-likeness (QED) is 0.473. The monoisotopic (exact) mass is 269 g/mol. The second-order valence-electron chi connectivity index (χ2n) is 6.10. The lowest BCUT2D eigenvalue weighted by Crippen LogP contribution is -2.48. The van der Waals surface area contributed by atoms with E-state index in [2.05, 4.69) is 42.9 Å². The third kappa shape index (κ3) is 6.28. The first kappa shape index (κ1) is 16.3. The summed E-state index contributed by atoms with van der Waals surface area (Å²) in [5.41, 5.74) is 0. The van der Waals surface area contributed by atoms with E-state index in [1.165, 1.54) is 6.42 Å². The molecule has 4 nitrogen and oxygen atoms in total. The van der Waals surface area contributed by atoms with E-state index in [4.69, 9.17) is 4.74 Å². The largest absolute Gasteiger partial charge is 0.379 e. The minimum Gasteiger partial charge on any atom is -0.379 e. The van der Waals surface area contributed by atoms with E-state index in [0.717, 1.165) is 50.5 Å². The molecule has 0 aliphatic carbocycles. The van der Waals surface area contributed by atoms with Crippen LogP contribution in [0.25, 0.3) is 0 Å². The predicted octanol–water partition coefficient (Wildman–Crippen LogP) is 2.35. The maximum atomic E-state index is 5.54. The van der Waals surface area contributed by atoms with Crippen molar-refractivity contribution in [2.45, 2.75) is 46.6 Å². The molecule has 2 unspecified atom stereocenters. The number of nitrogens with one attached hydrogen (secondary N) is 1. The van der Waals surface area contributed by atoms with Gasteiger partial charge in [0.1, 0.15) is 0 Å². The Balaban J connectivity index is 2.29. The first-order valence-corrected chi connectivity index (χ1v) is 7.60. The SMILES string of the molecule is CN=C(NCCCOC(C)C)N1CC(C)CC(C)C1. The Morgan fingerprint density at radius 2 is 1.95 bits per heavy atom. The smallest absolute Gasteiger partial charge is 0.193 e. The maximum Gasteiger partial charge on any atom is 0.193 e. The lowest BCUT2D eigenvalue weighted by atomic mass is 9.92. The molecule has 0 amide bonds. The Hall–Kier alpha value is -0.770. The van der Waals surface area contributed by atoms with E-state index in [9.17, 15) is 0 Å². The number of nitrogens with zero attached hydrogens (tertiary/aromatic N) is 2. The third-order valence-corrected chi connectivity index (χ3v) is 3.44. The minimum absolute atomic E-state index is 0.322. The zero-order valence-electron chi connectivity index (χ0n) is 13.3. The molecular formula is C15H31N3O. The van der Waals surface area contributed by atoms with Crippen LogP contribution in [0.15, 0.2) is 4.99 Å². The fourth-order valence-corrected chi connectivity index (χ4v) is 2.76. The Bertz CT molecular complexity index is 269. The number of hydrogen-bond acceptors (Lipinski definition) is 2. The summed E-state index contributed by atoms with van der Waals surface area (Å²) in [6, 6.07) is 0. The van der Waals surface area contributed by atoms with Gasteiger partial charge in [-0.05, 0) is 38.5 Å². The second-order valence-corrected chi connectivity index (χ2v) is 6.10. The van der Waals surface area contributed by atoms with Crippen molar-refractivity contribution in [1.82, 2.24) is 10.2 Å². The number of ether oxygens (including phenoxy) is 1. The summed E-state index contributed by atoms with van der Waals surface area (Å²) in [7, 11) is 1.87.